The first kappa shape index (κ1) is 10.3. The average Bonchev–Trinajstić information content (AvgIpc) is 2.09. The molecule has 0 N–H and O–H groups in total. The number of hydrogen-bond acceptors (Lipinski definition) is 1. The molecular formula is C10H12BrNO. The van der Waals surface area contributed by atoms with Gasteiger partial charge in [-0.15, -0.1) is 0 Å². The molecule has 3 heteroatoms. The molecule has 0 saturated carbocycles. The van der Waals surface area contributed by atoms with E-state index in [4.69, 9.17) is 0 Å². The van der Waals surface area contributed by atoms with Crippen molar-refractivity contribution in [3.05, 3.63) is 28.7 Å². The van der Waals surface area contributed by atoms with Crippen LogP contribution in [-0.4, -0.2) is 12.5 Å². The van der Waals surface area contributed by atoms with Crippen LogP contribution in [0, 0.1) is 0 Å². The smallest absolute Gasteiger partial charge is 0.223 e. The average molecular weight is 242 g/mol. The molecule has 0 saturated heterocycles. The van der Waals surface area contributed by atoms with Gasteiger partial charge in [0.2, 0.25) is 5.91 Å². The Morgan fingerprint density at radius 2 is 2.08 bits per heavy atom. The molecule has 0 fully saturated rings. The molecule has 0 aliphatic carbocycles. The SMILES string of the molecule is CCN(C(C)=O)c1ccccc1Br. The lowest BCUT2D eigenvalue weighted by molar-refractivity contribution is -0.116. The monoisotopic (exact) mass is 241 g/mol. The second kappa shape index (κ2) is 4.42. The number of hydrogen-bond donors (Lipinski definition) is 0. The summed E-state index contributed by atoms with van der Waals surface area (Å²) in [6.07, 6.45) is 0. The lowest BCUT2D eigenvalue weighted by Crippen LogP contribution is -2.28. The molecule has 0 unspecified atom stereocenters. The van der Waals surface area contributed by atoms with Crippen LogP contribution in [0.1, 0.15) is 13.8 Å². The molecule has 0 aromatic heterocycles. The topological polar surface area (TPSA) is 20.3 Å². The second-order valence-electron chi connectivity index (χ2n) is 2.71. The van der Waals surface area contributed by atoms with Crippen LogP contribution in [0.5, 0.6) is 0 Å². The summed E-state index contributed by atoms with van der Waals surface area (Å²) in [5, 5.41) is 0. The molecule has 0 radical (unpaired) electrons. The largest absolute Gasteiger partial charge is 0.312 e. The number of rotatable bonds is 2. The van der Waals surface area contributed by atoms with Crippen LogP contribution >= 0.6 is 15.9 Å². The van der Waals surface area contributed by atoms with Crippen LogP contribution in [0.2, 0.25) is 0 Å². The molecular weight excluding hydrogens is 230 g/mol. The zero-order valence-corrected chi connectivity index (χ0v) is 9.34. The third-order valence-corrected chi connectivity index (χ3v) is 2.51. The third kappa shape index (κ3) is 2.31. The Morgan fingerprint density at radius 3 is 2.54 bits per heavy atom. The van der Waals surface area contributed by atoms with Crippen molar-refractivity contribution in [3.63, 3.8) is 0 Å². The van der Waals surface area contributed by atoms with Gasteiger partial charge < -0.3 is 4.90 Å². The highest BCUT2D eigenvalue weighted by Crippen LogP contribution is 2.25. The first-order chi connectivity index (χ1) is 6.16. The van der Waals surface area contributed by atoms with Crippen molar-refractivity contribution in [3.8, 4) is 0 Å². The number of amides is 1. The van der Waals surface area contributed by atoms with E-state index in [-0.39, 0.29) is 5.91 Å². The zero-order chi connectivity index (χ0) is 9.84. The number of benzene rings is 1. The summed E-state index contributed by atoms with van der Waals surface area (Å²) < 4.78 is 0.951. The van der Waals surface area contributed by atoms with E-state index in [0.29, 0.717) is 6.54 Å². The summed E-state index contributed by atoms with van der Waals surface area (Å²) in [5.41, 5.74) is 0.928. The first-order valence-corrected chi connectivity index (χ1v) is 4.98. The number of halogens is 1. The molecule has 0 bridgehead atoms. The molecule has 1 aromatic rings. The molecule has 0 aliphatic heterocycles. The quantitative estimate of drug-likeness (QED) is 0.780. The minimum absolute atomic E-state index is 0.0643. The third-order valence-electron chi connectivity index (χ3n) is 1.84. The Labute approximate surface area is 86.7 Å². The maximum absolute atomic E-state index is 11.2. The van der Waals surface area contributed by atoms with Gasteiger partial charge in [-0.25, -0.2) is 0 Å². The highest BCUT2D eigenvalue weighted by atomic mass is 79.9. The van der Waals surface area contributed by atoms with Crippen LogP contribution in [0.3, 0.4) is 0 Å². The summed E-state index contributed by atoms with van der Waals surface area (Å²) in [5.74, 6) is 0.0643. The predicted octanol–water partition coefficient (Wildman–Crippen LogP) is 2.82. The Morgan fingerprint density at radius 1 is 1.46 bits per heavy atom. The van der Waals surface area contributed by atoms with Gasteiger partial charge in [0.05, 0.1) is 5.69 Å². The molecule has 0 heterocycles. The molecule has 0 atom stereocenters. The highest BCUT2D eigenvalue weighted by Gasteiger charge is 2.10. The van der Waals surface area contributed by atoms with E-state index in [0.717, 1.165) is 10.2 Å². The summed E-state index contributed by atoms with van der Waals surface area (Å²) in [6, 6.07) is 7.71. The molecule has 0 aliphatic rings. The Balaban J connectivity index is 3.04. The summed E-state index contributed by atoms with van der Waals surface area (Å²) in [6.45, 7) is 4.22. The minimum atomic E-state index is 0.0643. The van der Waals surface area contributed by atoms with E-state index in [2.05, 4.69) is 15.9 Å². The molecule has 2 nitrogen and oxygen atoms in total. The van der Waals surface area contributed by atoms with Crippen molar-refractivity contribution in [2.24, 2.45) is 0 Å². The zero-order valence-electron chi connectivity index (χ0n) is 7.75. The van der Waals surface area contributed by atoms with Crippen molar-refractivity contribution in [1.82, 2.24) is 0 Å². The van der Waals surface area contributed by atoms with Crippen molar-refractivity contribution in [2.45, 2.75) is 13.8 Å². The fourth-order valence-corrected chi connectivity index (χ4v) is 1.73. The lowest BCUT2D eigenvalue weighted by Gasteiger charge is -2.20. The highest BCUT2D eigenvalue weighted by molar-refractivity contribution is 9.10. The van der Waals surface area contributed by atoms with Crippen molar-refractivity contribution < 1.29 is 4.79 Å². The van der Waals surface area contributed by atoms with Gasteiger partial charge in [-0.3, -0.25) is 4.79 Å². The summed E-state index contributed by atoms with van der Waals surface area (Å²) in [7, 11) is 0. The summed E-state index contributed by atoms with van der Waals surface area (Å²) >= 11 is 3.41. The van der Waals surface area contributed by atoms with Gasteiger partial charge in [0.1, 0.15) is 0 Å². The standard InChI is InChI=1S/C10H12BrNO/c1-3-12(8(2)13)10-7-5-4-6-9(10)11/h4-7H,3H2,1-2H3. The van der Waals surface area contributed by atoms with E-state index < -0.39 is 0 Å². The fourth-order valence-electron chi connectivity index (χ4n) is 1.23. The van der Waals surface area contributed by atoms with E-state index in [1.54, 1.807) is 11.8 Å². The maximum atomic E-state index is 11.2. The number of carbonyl (C=O) groups is 1. The van der Waals surface area contributed by atoms with E-state index in [1.807, 2.05) is 31.2 Å². The number of carbonyl (C=O) groups excluding carboxylic acids is 1. The fraction of sp³-hybridized carbons (Fsp3) is 0.300. The van der Waals surface area contributed by atoms with Gasteiger partial charge >= 0.3 is 0 Å². The molecule has 1 rings (SSSR count). The Kier molecular flexibility index (Phi) is 3.48. The van der Waals surface area contributed by atoms with Crippen molar-refractivity contribution in [2.75, 3.05) is 11.4 Å². The number of para-hydroxylation sites is 1. The van der Waals surface area contributed by atoms with Crippen LogP contribution in [0.4, 0.5) is 5.69 Å². The molecule has 13 heavy (non-hydrogen) atoms. The van der Waals surface area contributed by atoms with Crippen molar-refractivity contribution >= 4 is 27.5 Å². The normalized spacial score (nSPS) is 9.77. The second-order valence-corrected chi connectivity index (χ2v) is 3.57. The van der Waals surface area contributed by atoms with E-state index in [1.165, 1.54) is 0 Å². The van der Waals surface area contributed by atoms with E-state index >= 15 is 0 Å². The maximum Gasteiger partial charge on any atom is 0.223 e. The Hall–Kier alpha value is -0.830. The first-order valence-electron chi connectivity index (χ1n) is 4.19. The van der Waals surface area contributed by atoms with Gasteiger partial charge in [0, 0.05) is 17.9 Å². The van der Waals surface area contributed by atoms with Crippen LogP contribution in [0.25, 0.3) is 0 Å². The number of nitrogens with zero attached hydrogens (tertiary/aromatic N) is 1. The van der Waals surface area contributed by atoms with E-state index in [9.17, 15) is 4.79 Å². The molecule has 0 spiro atoms. The van der Waals surface area contributed by atoms with Gasteiger partial charge in [0.25, 0.3) is 0 Å². The molecule has 1 aromatic carbocycles. The van der Waals surface area contributed by atoms with Gasteiger partial charge in [0.15, 0.2) is 0 Å². The van der Waals surface area contributed by atoms with Crippen LogP contribution in [0.15, 0.2) is 28.7 Å². The lowest BCUT2D eigenvalue weighted by atomic mass is 10.3. The van der Waals surface area contributed by atoms with Gasteiger partial charge in [-0.2, -0.15) is 0 Å². The van der Waals surface area contributed by atoms with Crippen LogP contribution < -0.4 is 4.90 Å². The van der Waals surface area contributed by atoms with Gasteiger partial charge in [-0.05, 0) is 35.0 Å². The molecule has 1 amide bonds. The summed E-state index contributed by atoms with van der Waals surface area (Å²) in [4.78, 5) is 13.0. The minimum Gasteiger partial charge on any atom is -0.312 e. The number of anilines is 1. The van der Waals surface area contributed by atoms with Crippen molar-refractivity contribution in [1.29, 1.82) is 0 Å². The predicted molar refractivity (Wildman–Crippen MR) is 57.8 cm³/mol. The molecule has 70 valence electrons. The van der Waals surface area contributed by atoms with Gasteiger partial charge in [-0.1, -0.05) is 12.1 Å². The Bertz CT molecular complexity index is 312. The van der Waals surface area contributed by atoms with Crippen LogP contribution in [-0.2, 0) is 4.79 Å².